The molecule has 0 radical (unpaired) electrons. The van der Waals surface area contributed by atoms with E-state index in [0.717, 1.165) is 12.3 Å². The highest BCUT2D eigenvalue weighted by molar-refractivity contribution is 5.98. The van der Waals surface area contributed by atoms with Crippen LogP contribution >= 0.6 is 0 Å². The Morgan fingerprint density at radius 3 is 2.92 bits per heavy atom. The van der Waals surface area contributed by atoms with Gasteiger partial charge in [0.1, 0.15) is 0 Å². The van der Waals surface area contributed by atoms with Gasteiger partial charge >= 0.3 is 0 Å². The number of nitrogens with zero attached hydrogens (tertiary/aromatic N) is 1. The van der Waals surface area contributed by atoms with Gasteiger partial charge in [-0.05, 0) is 25.5 Å². The standard InChI is InChI=1S/C10H16N2/c1-4-5-8(2)6-10-9(3)7-11-12-10/h4-6,9,11H,7H2,1-3H3/b5-4-,8-6-. The van der Waals surface area contributed by atoms with Crippen molar-refractivity contribution in [2.45, 2.75) is 20.8 Å². The maximum absolute atomic E-state index is 4.20. The molecule has 0 bridgehead atoms. The van der Waals surface area contributed by atoms with E-state index in [1.54, 1.807) is 0 Å². The molecule has 0 amide bonds. The van der Waals surface area contributed by atoms with E-state index in [2.05, 4.69) is 36.5 Å². The lowest BCUT2D eigenvalue weighted by molar-refractivity contribution is 0.708. The summed E-state index contributed by atoms with van der Waals surface area (Å²) in [5.41, 5.74) is 5.40. The first-order valence-electron chi connectivity index (χ1n) is 4.35. The SMILES string of the molecule is C/C=C\C(C)=C/C1=NNCC1C. The molecule has 12 heavy (non-hydrogen) atoms. The highest BCUT2D eigenvalue weighted by atomic mass is 15.3. The van der Waals surface area contributed by atoms with Crippen LogP contribution < -0.4 is 5.43 Å². The molecule has 2 heteroatoms. The van der Waals surface area contributed by atoms with Gasteiger partial charge in [0.2, 0.25) is 0 Å². The molecule has 66 valence electrons. The molecule has 2 nitrogen and oxygen atoms in total. The fraction of sp³-hybridized carbons (Fsp3) is 0.500. The number of hydrogen-bond donors (Lipinski definition) is 1. The second kappa shape index (κ2) is 4.10. The molecule has 0 fully saturated rings. The van der Waals surface area contributed by atoms with Crippen LogP contribution in [0.1, 0.15) is 20.8 Å². The molecule has 1 rings (SSSR count). The minimum Gasteiger partial charge on any atom is -0.309 e. The first kappa shape index (κ1) is 9.04. The summed E-state index contributed by atoms with van der Waals surface area (Å²) in [6.07, 6.45) is 6.26. The zero-order valence-corrected chi connectivity index (χ0v) is 7.96. The fourth-order valence-electron chi connectivity index (χ4n) is 1.21. The minimum atomic E-state index is 0.546. The van der Waals surface area contributed by atoms with Crippen LogP contribution in [0.5, 0.6) is 0 Å². The van der Waals surface area contributed by atoms with Crippen molar-refractivity contribution in [3.05, 3.63) is 23.8 Å². The Balaban J connectivity index is 2.66. The molecule has 0 saturated heterocycles. The minimum absolute atomic E-state index is 0.546. The number of rotatable bonds is 2. The normalized spacial score (nSPS) is 24.4. The maximum atomic E-state index is 4.20. The molecular formula is C10H16N2. The van der Waals surface area contributed by atoms with Gasteiger partial charge in [-0.2, -0.15) is 5.10 Å². The summed E-state index contributed by atoms with van der Waals surface area (Å²) < 4.78 is 0. The zero-order valence-electron chi connectivity index (χ0n) is 7.96. The third-order valence-corrected chi connectivity index (χ3v) is 1.92. The van der Waals surface area contributed by atoms with E-state index in [0.29, 0.717) is 5.92 Å². The Kier molecular flexibility index (Phi) is 3.09. The van der Waals surface area contributed by atoms with E-state index in [1.165, 1.54) is 5.57 Å². The van der Waals surface area contributed by atoms with E-state index in [1.807, 2.05) is 13.0 Å². The van der Waals surface area contributed by atoms with Crippen LogP contribution in [0.2, 0.25) is 0 Å². The first-order valence-corrected chi connectivity index (χ1v) is 4.35. The Morgan fingerprint density at radius 2 is 2.42 bits per heavy atom. The largest absolute Gasteiger partial charge is 0.309 e. The van der Waals surface area contributed by atoms with Crippen molar-refractivity contribution in [2.75, 3.05) is 6.54 Å². The summed E-state index contributed by atoms with van der Waals surface area (Å²) in [5.74, 6) is 0.546. The van der Waals surface area contributed by atoms with Gasteiger partial charge in [0.25, 0.3) is 0 Å². The van der Waals surface area contributed by atoms with E-state index < -0.39 is 0 Å². The topological polar surface area (TPSA) is 24.4 Å². The van der Waals surface area contributed by atoms with Crippen molar-refractivity contribution in [2.24, 2.45) is 11.0 Å². The second-order valence-electron chi connectivity index (χ2n) is 3.19. The highest BCUT2D eigenvalue weighted by Gasteiger charge is 2.12. The highest BCUT2D eigenvalue weighted by Crippen LogP contribution is 2.07. The van der Waals surface area contributed by atoms with E-state index in [-0.39, 0.29) is 0 Å². The van der Waals surface area contributed by atoms with Gasteiger partial charge in [-0.1, -0.05) is 19.1 Å². The number of nitrogens with one attached hydrogen (secondary N) is 1. The fourth-order valence-corrected chi connectivity index (χ4v) is 1.21. The van der Waals surface area contributed by atoms with E-state index in [9.17, 15) is 0 Å². The molecule has 1 atom stereocenters. The lowest BCUT2D eigenvalue weighted by Crippen LogP contribution is -2.09. The summed E-state index contributed by atoms with van der Waals surface area (Å²) in [6, 6.07) is 0. The molecule has 1 aliphatic heterocycles. The molecule has 1 N–H and O–H groups in total. The lowest BCUT2D eigenvalue weighted by Gasteiger charge is -1.99. The molecule has 1 heterocycles. The molecule has 0 aromatic carbocycles. The van der Waals surface area contributed by atoms with Crippen molar-refractivity contribution < 1.29 is 0 Å². The molecule has 0 spiro atoms. The Hall–Kier alpha value is -1.05. The van der Waals surface area contributed by atoms with Crippen LogP contribution in [0.15, 0.2) is 28.9 Å². The molecule has 0 aliphatic carbocycles. The molecule has 0 saturated carbocycles. The second-order valence-corrected chi connectivity index (χ2v) is 3.19. The van der Waals surface area contributed by atoms with Crippen LogP contribution in [0.3, 0.4) is 0 Å². The third kappa shape index (κ3) is 2.22. The summed E-state index contributed by atoms with van der Waals surface area (Å²) >= 11 is 0. The van der Waals surface area contributed by atoms with Gasteiger partial charge in [0, 0.05) is 12.5 Å². The van der Waals surface area contributed by atoms with Gasteiger partial charge in [0.05, 0.1) is 5.71 Å². The average Bonchev–Trinajstić information content (AvgIpc) is 2.37. The summed E-state index contributed by atoms with van der Waals surface area (Å²) in [7, 11) is 0. The Morgan fingerprint density at radius 1 is 1.67 bits per heavy atom. The number of hydrogen-bond acceptors (Lipinski definition) is 2. The van der Waals surface area contributed by atoms with Crippen LogP contribution in [0.25, 0.3) is 0 Å². The number of hydrazone groups is 1. The Labute approximate surface area is 74.1 Å². The molecular weight excluding hydrogens is 148 g/mol. The van der Waals surface area contributed by atoms with Crippen molar-refractivity contribution in [3.63, 3.8) is 0 Å². The Bertz CT molecular complexity index is 236. The zero-order chi connectivity index (χ0) is 8.97. The molecule has 0 aromatic heterocycles. The van der Waals surface area contributed by atoms with E-state index in [4.69, 9.17) is 0 Å². The monoisotopic (exact) mass is 164 g/mol. The smallest absolute Gasteiger partial charge is 0.0651 e. The van der Waals surface area contributed by atoms with Crippen LogP contribution in [0.4, 0.5) is 0 Å². The van der Waals surface area contributed by atoms with Crippen LogP contribution in [-0.4, -0.2) is 12.3 Å². The van der Waals surface area contributed by atoms with Crippen molar-refractivity contribution >= 4 is 5.71 Å². The quantitative estimate of drug-likeness (QED) is 0.621. The van der Waals surface area contributed by atoms with Crippen LogP contribution in [-0.2, 0) is 0 Å². The first-order chi connectivity index (χ1) is 5.74. The summed E-state index contributed by atoms with van der Waals surface area (Å²) in [6.45, 7) is 7.26. The van der Waals surface area contributed by atoms with Gasteiger partial charge in [0.15, 0.2) is 0 Å². The molecule has 1 aliphatic rings. The van der Waals surface area contributed by atoms with Gasteiger partial charge in [-0.25, -0.2) is 0 Å². The average molecular weight is 164 g/mol. The predicted octanol–water partition coefficient (Wildman–Crippen LogP) is 2.10. The third-order valence-electron chi connectivity index (χ3n) is 1.92. The van der Waals surface area contributed by atoms with Crippen molar-refractivity contribution in [1.29, 1.82) is 0 Å². The van der Waals surface area contributed by atoms with Gasteiger partial charge in [-0.3, -0.25) is 0 Å². The molecule has 0 aromatic rings. The van der Waals surface area contributed by atoms with Gasteiger partial charge < -0.3 is 5.43 Å². The molecule has 1 unspecified atom stereocenters. The van der Waals surface area contributed by atoms with Crippen molar-refractivity contribution in [3.8, 4) is 0 Å². The number of allylic oxidation sites excluding steroid dienone is 4. The van der Waals surface area contributed by atoms with Crippen LogP contribution in [0, 0.1) is 5.92 Å². The lowest BCUT2D eigenvalue weighted by atomic mass is 10.0. The predicted molar refractivity (Wildman–Crippen MR) is 53.2 cm³/mol. The summed E-state index contributed by atoms with van der Waals surface area (Å²) in [5, 5.41) is 4.20. The summed E-state index contributed by atoms with van der Waals surface area (Å²) in [4.78, 5) is 0. The van der Waals surface area contributed by atoms with Crippen molar-refractivity contribution in [1.82, 2.24) is 5.43 Å². The van der Waals surface area contributed by atoms with Gasteiger partial charge in [-0.15, -0.1) is 0 Å². The van der Waals surface area contributed by atoms with E-state index >= 15 is 0 Å². The maximum Gasteiger partial charge on any atom is 0.0651 e.